The summed E-state index contributed by atoms with van der Waals surface area (Å²) in [5.41, 5.74) is 0. The Morgan fingerprint density at radius 3 is 1.73 bits per heavy atom. The third-order valence-electron chi connectivity index (χ3n) is 0.921. The van der Waals surface area contributed by atoms with Crippen LogP contribution in [0.5, 0.6) is 0 Å². The van der Waals surface area contributed by atoms with Gasteiger partial charge in [0.25, 0.3) is 0 Å². The molecule has 0 saturated heterocycles. The number of methoxy groups -OCH3 is 1. The zero-order chi connectivity index (χ0) is 9.28. The molecule has 0 bridgehead atoms. The van der Waals surface area contributed by atoms with E-state index in [1.54, 1.807) is 0 Å². The lowest BCUT2D eigenvalue weighted by atomic mass is 10.3. The van der Waals surface area contributed by atoms with Crippen molar-refractivity contribution in [1.29, 1.82) is 0 Å². The van der Waals surface area contributed by atoms with Crippen LogP contribution in [0.1, 0.15) is 0 Å². The molecular formula is C4H4F4O3. The van der Waals surface area contributed by atoms with Gasteiger partial charge < -0.3 is 9.84 Å². The molecule has 0 saturated carbocycles. The summed E-state index contributed by atoms with van der Waals surface area (Å²) in [5, 5.41) is 7.75. The van der Waals surface area contributed by atoms with Crippen molar-refractivity contribution in [3.63, 3.8) is 0 Å². The van der Waals surface area contributed by atoms with E-state index < -0.39 is 18.0 Å². The van der Waals surface area contributed by atoms with Gasteiger partial charge in [-0.25, -0.2) is 4.79 Å². The fraction of sp³-hybridized carbons (Fsp3) is 0.750. The maximum Gasteiger partial charge on any atom is 0.460 e. The number of carboxylic acid groups (broad SMARTS) is 1. The zero-order valence-electron chi connectivity index (χ0n) is 5.28. The molecule has 1 atom stereocenters. The Morgan fingerprint density at radius 1 is 1.36 bits per heavy atom. The van der Waals surface area contributed by atoms with Gasteiger partial charge in [-0.1, -0.05) is 0 Å². The molecule has 66 valence electrons. The zero-order valence-corrected chi connectivity index (χ0v) is 5.28. The van der Waals surface area contributed by atoms with Gasteiger partial charge in [-0.05, 0) is 0 Å². The van der Waals surface area contributed by atoms with Crippen molar-refractivity contribution < 1.29 is 32.2 Å². The summed E-state index contributed by atoms with van der Waals surface area (Å²) in [5.74, 6) is -7.32. The van der Waals surface area contributed by atoms with Crippen molar-refractivity contribution in [2.45, 2.75) is 12.0 Å². The van der Waals surface area contributed by atoms with E-state index in [1.165, 1.54) is 0 Å². The Labute approximate surface area is 58.6 Å². The van der Waals surface area contributed by atoms with Gasteiger partial charge in [-0.2, -0.15) is 17.6 Å². The fourth-order valence-corrected chi connectivity index (χ4v) is 0.324. The molecule has 0 aromatic heterocycles. The first-order valence-corrected chi connectivity index (χ1v) is 2.30. The quantitative estimate of drug-likeness (QED) is 0.637. The Kier molecular flexibility index (Phi) is 2.44. The van der Waals surface area contributed by atoms with E-state index in [2.05, 4.69) is 4.74 Å². The van der Waals surface area contributed by atoms with E-state index in [0.29, 0.717) is 7.11 Å². The average Bonchev–Trinajstić information content (AvgIpc) is 1.83. The summed E-state index contributed by atoms with van der Waals surface area (Å²) < 4.78 is 49.8. The molecule has 0 heterocycles. The SMILES string of the molecule is CO[C@@](F)(C(=O)O)C(F)(F)F. The monoisotopic (exact) mass is 176 g/mol. The molecule has 3 nitrogen and oxygen atoms in total. The predicted molar refractivity (Wildman–Crippen MR) is 24.5 cm³/mol. The van der Waals surface area contributed by atoms with Crippen molar-refractivity contribution in [3.05, 3.63) is 0 Å². The van der Waals surface area contributed by atoms with Crippen LogP contribution in [0, 0.1) is 0 Å². The van der Waals surface area contributed by atoms with Crippen LogP contribution >= 0.6 is 0 Å². The molecule has 0 aromatic carbocycles. The van der Waals surface area contributed by atoms with Crippen LogP contribution in [0.15, 0.2) is 0 Å². The predicted octanol–water partition coefficient (Wildman–Crippen LogP) is 0.946. The maximum atomic E-state index is 12.2. The fourth-order valence-electron chi connectivity index (χ4n) is 0.324. The molecule has 0 aliphatic carbocycles. The summed E-state index contributed by atoms with van der Waals surface area (Å²) >= 11 is 0. The minimum Gasteiger partial charge on any atom is -0.477 e. The van der Waals surface area contributed by atoms with Gasteiger partial charge in [0.2, 0.25) is 0 Å². The summed E-state index contributed by atoms with van der Waals surface area (Å²) in [6.07, 6.45) is -5.56. The number of rotatable bonds is 2. The van der Waals surface area contributed by atoms with Gasteiger partial charge in [0.05, 0.1) is 0 Å². The van der Waals surface area contributed by atoms with Crippen molar-refractivity contribution in [3.8, 4) is 0 Å². The number of aliphatic carboxylic acids is 1. The second-order valence-electron chi connectivity index (χ2n) is 1.60. The van der Waals surface area contributed by atoms with E-state index in [0.717, 1.165) is 0 Å². The van der Waals surface area contributed by atoms with Crippen LogP contribution in [0.4, 0.5) is 17.6 Å². The number of ether oxygens (including phenoxy) is 1. The Balaban J connectivity index is 4.75. The van der Waals surface area contributed by atoms with Crippen LogP contribution in [-0.2, 0) is 9.53 Å². The van der Waals surface area contributed by atoms with Gasteiger partial charge in [0, 0.05) is 7.11 Å². The van der Waals surface area contributed by atoms with E-state index >= 15 is 0 Å². The minimum atomic E-state index is -5.56. The molecule has 0 radical (unpaired) electrons. The molecule has 0 spiro atoms. The molecule has 0 unspecified atom stereocenters. The highest BCUT2D eigenvalue weighted by molar-refractivity contribution is 5.76. The van der Waals surface area contributed by atoms with Crippen LogP contribution < -0.4 is 0 Å². The average molecular weight is 176 g/mol. The second kappa shape index (κ2) is 2.65. The number of halogens is 4. The number of carbonyl (C=O) groups is 1. The number of carboxylic acids is 1. The van der Waals surface area contributed by atoms with Crippen molar-refractivity contribution in [1.82, 2.24) is 0 Å². The van der Waals surface area contributed by atoms with Gasteiger partial charge in [0.15, 0.2) is 0 Å². The lowest BCUT2D eigenvalue weighted by Gasteiger charge is -2.20. The first kappa shape index (κ1) is 10.2. The molecule has 0 rings (SSSR count). The third-order valence-corrected chi connectivity index (χ3v) is 0.921. The minimum absolute atomic E-state index is 0.321. The summed E-state index contributed by atoms with van der Waals surface area (Å²) in [6.45, 7) is 0. The molecule has 1 N–H and O–H groups in total. The van der Waals surface area contributed by atoms with E-state index in [9.17, 15) is 22.4 Å². The third kappa shape index (κ3) is 1.59. The maximum absolute atomic E-state index is 12.2. The lowest BCUT2D eigenvalue weighted by Crippen LogP contribution is -2.49. The van der Waals surface area contributed by atoms with E-state index in [-0.39, 0.29) is 0 Å². The molecule has 0 aliphatic rings. The molecule has 0 aromatic rings. The molecule has 7 heteroatoms. The second-order valence-corrected chi connectivity index (χ2v) is 1.60. The summed E-state index contributed by atoms with van der Waals surface area (Å²) in [4.78, 5) is 9.68. The molecule has 0 amide bonds. The Bertz CT molecular complexity index is 165. The number of alkyl halides is 4. The molecule has 0 fully saturated rings. The van der Waals surface area contributed by atoms with E-state index in [1.807, 2.05) is 0 Å². The van der Waals surface area contributed by atoms with Gasteiger partial charge >= 0.3 is 18.0 Å². The summed E-state index contributed by atoms with van der Waals surface area (Å²) in [7, 11) is 0.321. The largest absolute Gasteiger partial charge is 0.477 e. The highest BCUT2D eigenvalue weighted by atomic mass is 19.4. The highest BCUT2D eigenvalue weighted by Crippen LogP contribution is 2.34. The van der Waals surface area contributed by atoms with Crippen LogP contribution in [0.25, 0.3) is 0 Å². The molecular weight excluding hydrogens is 172 g/mol. The van der Waals surface area contributed by atoms with Gasteiger partial charge in [-0.15, -0.1) is 0 Å². The smallest absolute Gasteiger partial charge is 0.460 e. The first-order chi connectivity index (χ1) is 4.75. The Morgan fingerprint density at radius 2 is 1.73 bits per heavy atom. The van der Waals surface area contributed by atoms with Crippen LogP contribution in [-0.4, -0.2) is 30.2 Å². The Hall–Kier alpha value is -0.850. The lowest BCUT2D eigenvalue weighted by molar-refractivity contribution is -0.314. The van der Waals surface area contributed by atoms with Gasteiger partial charge in [-0.3, -0.25) is 0 Å². The number of hydrogen-bond acceptors (Lipinski definition) is 2. The highest BCUT2D eigenvalue weighted by Gasteiger charge is 2.63. The first-order valence-electron chi connectivity index (χ1n) is 2.30. The summed E-state index contributed by atoms with van der Waals surface area (Å²) in [6, 6.07) is 0. The topological polar surface area (TPSA) is 46.5 Å². The van der Waals surface area contributed by atoms with Gasteiger partial charge in [0.1, 0.15) is 0 Å². The van der Waals surface area contributed by atoms with Crippen molar-refractivity contribution >= 4 is 5.97 Å². The van der Waals surface area contributed by atoms with Crippen LogP contribution in [0.3, 0.4) is 0 Å². The molecule has 11 heavy (non-hydrogen) atoms. The van der Waals surface area contributed by atoms with E-state index in [4.69, 9.17) is 5.11 Å². The molecule has 0 aliphatic heterocycles. The van der Waals surface area contributed by atoms with Crippen molar-refractivity contribution in [2.24, 2.45) is 0 Å². The van der Waals surface area contributed by atoms with Crippen LogP contribution in [0.2, 0.25) is 0 Å². The number of hydrogen-bond donors (Lipinski definition) is 1. The standard InChI is InChI=1S/C4H4F4O3/c1-11-3(5,2(9)10)4(6,7)8/h1H3,(H,9,10)/t3-/m0/s1. The van der Waals surface area contributed by atoms with Crippen molar-refractivity contribution in [2.75, 3.05) is 7.11 Å². The normalized spacial score (nSPS) is 17.5.